The van der Waals surface area contributed by atoms with E-state index in [9.17, 15) is 13.2 Å². The minimum atomic E-state index is -3.79. The van der Waals surface area contributed by atoms with E-state index in [1.807, 2.05) is 12.1 Å². The van der Waals surface area contributed by atoms with E-state index in [-0.39, 0.29) is 23.4 Å². The summed E-state index contributed by atoms with van der Waals surface area (Å²) >= 11 is 0. The van der Waals surface area contributed by atoms with Crippen molar-refractivity contribution >= 4 is 33.0 Å². The van der Waals surface area contributed by atoms with Crippen LogP contribution in [0, 0.1) is 0 Å². The van der Waals surface area contributed by atoms with Crippen molar-refractivity contribution in [2.45, 2.75) is 11.4 Å². The Morgan fingerprint density at radius 1 is 1.20 bits per heavy atom. The van der Waals surface area contributed by atoms with Crippen molar-refractivity contribution in [1.82, 2.24) is 25.4 Å². The number of hydrogen-bond acceptors (Lipinski definition) is 8. The van der Waals surface area contributed by atoms with Gasteiger partial charge in [0.25, 0.3) is 5.91 Å². The third-order valence-corrected chi connectivity index (χ3v) is 5.18. The first-order valence-electron chi connectivity index (χ1n) is 8.72. The molecule has 0 aliphatic carbocycles. The molecule has 2 aromatic heterocycles. The molecule has 4 rings (SSSR count). The number of carbonyl (C=O) groups excluding carboxylic acids is 1. The Morgan fingerprint density at radius 2 is 1.93 bits per heavy atom. The van der Waals surface area contributed by atoms with Gasteiger partial charge in [-0.3, -0.25) is 10.2 Å². The highest BCUT2D eigenvalue weighted by Crippen LogP contribution is 2.21. The lowest BCUT2D eigenvalue weighted by Gasteiger charge is -2.16. The van der Waals surface area contributed by atoms with Gasteiger partial charge >= 0.3 is 6.01 Å². The lowest BCUT2D eigenvalue weighted by Crippen LogP contribution is -2.41. The third-order valence-electron chi connectivity index (χ3n) is 4.25. The lowest BCUT2D eigenvalue weighted by atomic mass is 10.2. The molecule has 0 spiro atoms. The standard InChI is InChI=1S/C18H17N7O4S/c1-24(18-21-14-4-2-3-5-16(14)29-18)22-17(26)11-25-15(10-20-23-25)12-6-8-13(9-7-12)30(19,27)28/h2-10H,11H2,1H3,(H,22,26)(H2,19,27,28). The molecule has 0 saturated heterocycles. The molecule has 2 aromatic carbocycles. The van der Waals surface area contributed by atoms with E-state index in [0.717, 1.165) is 0 Å². The van der Waals surface area contributed by atoms with E-state index in [1.54, 1.807) is 31.3 Å². The lowest BCUT2D eigenvalue weighted by molar-refractivity contribution is -0.122. The molecule has 0 unspecified atom stereocenters. The molecule has 12 heteroatoms. The number of hydrogen-bond donors (Lipinski definition) is 2. The average Bonchev–Trinajstić information content (AvgIpc) is 3.34. The number of sulfonamides is 1. The Kier molecular flexibility index (Phi) is 4.93. The maximum Gasteiger partial charge on any atom is 0.317 e. The van der Waals surface area contributed by atoms with Crippen LogP contribution in [0.3, 0.4) is 0 Å². The molecular formula is C18H17N7O4S. The van der Waals surface area contributed by atoms with Crippen LogP contribution >= 0.6 is 0 Å². The van der Waals surface area contributed by atoms with E-state index >= 15 is 0 Å². The van der Waals surface area contributed by atoms with Crippen LogP contribution in [0.25, 0.3) is 22.4 Å². The number of carbonyl (C=O) groups is 1. The van der Waals surface area contributed by atoms with Gasteiger partial charge < -0.3 is 4.42 Å². The zero-order valence-corrected chi connectivity index (χ0v) is 16.6. The van der Waals surface area contributed by atoms with Gasteiger partial charge in [0, 0.05) is 12.6 Å². The predicted octanol–water partition coefficient (Wildman–Crippen LogP) is 0.901. The normalized spacial score (nSPS) is 11.5. The van der Waals surface area contributed by atoms with E-state index in [0.29, 0.717) is 22.4 Å². The van der Waals surface area contributed by atoms with E-state index < -0.39 is 10.0 Å². The molecule has 2 heterocycles. The Bertz CT molecular complexity index is 1280. The Balaban J connectivity index is 1.47. The van der Waals surface area contributed by atoms with Gasteiger partial charge in [-0.1, -0.05) is 29.5 Å². The van der Waals surface area contributed by atoms with Gasteiger partial charge in [-0.15, -0.1) is 5.10 Å². The van der Waals surface area contributed by atoms with Crippen molar-refractivity contribution in [3.05, 3.63) is 54.7 Å². The molecule has 30 heavy (non-hydrogen) atoms. The van der Waals surface area contributed by atoms with E-state index in [2.05, 4.69) is 20.7 Å². The number of amides is 1. The van der Waals surface area contributed by atoms with Crippen LogP contribution in [0.1, 0.15) is 0 Å². The summed E-state index contributed by atoms with van der Waals surface area (Å²) in [6.45, 7) is -0.128. The summed E-state index contributed by atoms with van der Waals surface area (Å²) in [5.41, 5.74) is 5.11. The second kappa shape index (κ2) is 7.57. The maximum absolute atomic E-state index is 12.5. The number of para-hydroxylation sites is 2. The summed E-state index contributed by atoms with van der Waals surface area (Å²) in [5.74, 6) is -0.382. The van der Waals surface area contributed by atoms with Crippen LogP contribution in [0.4, 0.5) is 6.01 Å². The molecule has 0 radical (unpaired) electrons. The van der Waals surface area contributed by atoms with Crippen molar-refractivity contribution < 1.29 is 17.6 Å². The van der Waals surface area contributed by atoms with Crippen LogP contribution in [-0.4, -0.2) is 41.4 Å². The number of nitrogens with one attached hydrogen (secondary N) is 1. The summed E-state index contributed by atoms with van der Waals surface area (Å²) in [6.07, 6.45) is 1.48. The number of primary sulfonamides is 1. The number of hydrazine groups is 1. The van der Waals surface area contributed by atoms with Crippen LogP contribution in [0.2, 0.25) is 0 Å². The van der Waals surface area contributed by atoms with Crippen molar-refractivity contribution in [2.24, 2.45) is 5.14 Å². The minimum Gasteiger partial charge on any atom is -0.422 e. The fourth-order valence-electron chi connectivity index (χ4n) is 2.82. The molecule has 0 saturated carbocycles. The molecule has 0 atom stereocenters. The van der Waals surface area contributed by atoms with Crippen LogP contribution < -0.4 is 15.6 Å². The van der Waals surface area contributed by atoms with Crippen LogP contribution in [0.5, 0.6) is 0 Å². The SMILES string of the molecule is CN(NC(=O)Cn1nncc1-c1ccc(S(N)(=O)=O)cc1)c1nc2ccccc2o1. The molecule has 1 amide bonds. The van der Waals surface area contributed by atoms with Gasteiger partial charge in [-0.25, -0.2) is 23.2 Å². The predicted molar refractivity (Wildman–Crippen MR) is 107 cm³/mol. The van der Waals surface area contributed by atoms with Gasteiger partial charge in [0.05, 0.1) is 16.8 Å². The molecule has 11 nitrogen and oxygen atoms in total. The number of aromatic nitrogens is 4. The van der Waals surface area contributed by atoms with Gasteiger partial charge in [-0.05, 0) is 24.3 Å². The molecule has 4 aromatic rings. The molecule has 3 N–H and O–H groups in total. The zero-order chi connectivity index (χ0) is 21.3. The number of nitrogens with zero attached hydrogens (tertiary/aromatic N) is 5. The second-order valence-electron chi connectivity index (χ2n) is 6.40. The van der Waals surface area contributed by atoms with Crippen molar-refractivity contribution in [1.29, 1.82) is 0 Å². The summed E-state index contributed by atoms with van der Waals surface area (Å²) in [4.78, 5) is 16.8. The number of anilines is 1. The number of nitrogens with two attached hydrogens (primary N) is 1. The fourth-order valence-corrected chi connectivity index (χ4v) is 3.34. The van der Waals surface area contributed by atoms with Gasteiger partial charge in [0.2, 0.25) is 10.0 Å². The van der Waals surface area contributed by atoms with Gasteiger partial charge in [0.1, 0.15) is 12.1 Å². The highest BCUT2D eigenvalue weighted by atomic mass is 32.2. The number of fused-ring (bicyclic) bond motifs is 1. The third kappa shape index (κ3) is 3.99. The summed E-state index contributed by atoms with van der Waals surface area (Å²) in [7, 11) is -2.18. The van der Waals surface area contributed by atoms with Crippen LogP contribution in [-0.2, 0) is 21.4 Å². The molecule has 0 fully saturated rings. The molecule has 0 aliphatic rings. The molecule has 0 bridgehead atoms. The Hall–Kier alpha value is -3.77. The number of rotatable bonds is 6. The second-order valence-corrected chi connectivity index (χ2v) is 7.97. The van der Waals surface area contributed by atoms with Crippen molar-refractivity contribution in [3.63, 3.8) is 0 Å². The topological polar surface area (TPSA) is 149 Å². The largest absolute Gasteiger partial charge is 0.422 e. The minimum absolute atomic E-state index is 0.0111. The number of oxazole rings is 1. The van der Waals surface area contributed by atoms with Crippen molar-refractivity contribution in [3.8, 4) is 11.3 Å². The summed E-state index contributed by atoms with van der Waals surface area (Å²) < 4.78 is 29.8. The van der Waals surface area contributed by atoms with E-state index in [4.69, 9.17) is 9.56 Å². The smallest absolute Gasteiger partial charge is 0.317 e. The summed E-state index contributed by atoms with van der Waals surface area (Å²) in [5, 5.41) is 14.2. The maximum atomic E-state index is 12.5. The van der Waals surface area contributed by atoms with Gasteiger partial charge in [0.15, 0.2) is 5.58 Å². The van der Waals surface area contributed by atoms with Crippen molar-refractivity contribution in [2.75, 3.05) is 12.1 Å². The number of benzene rings is 2. The first kappa shape index (κ1) is 19.5. The fraction of sp³-hybridized carbons (Fsp3) is 0.111. The molecular weight excluding hydrogens is 410 g/mol. The first-order chi connectivity index (χ1) is 14.3. The molecule has 154 valence electrons. The summed E-state index contributed by atoms with van der Waals surface area (Å²) in [6, 6.07) is 13.4. The molecule has 0 aliphatic heterocycles. The zero-order valence-electron chi connectivity index (χ0n) is 15.8. The Morgan fingerprint density at radius 3 is 2.63 bits per heavy atom. The highest BCUT2D eigenvalue weighted by Gasteiger charge is 2.16. The average molecular weight is 427 g/mol. The first-order valence-corrected chi connectivity index (χ1v) is 10.3. The highest BCUT2D eigenvalue weighted by molar-refractivity contribution is 7.89. The Labute approximate surface area is 171 Å². The quantitative estimate of drug-likeness (QED) is 0.431. The van der Waals surface area contributed by atoms with Gasteiger partial charge in [-0.2, -0.15) is 4.98 Å². The van der Waals surface area contributed by atoms with Crippen LogP contribution in [0.15, 0.2) is 64.0 Å². The van der Waals surface area contributed by atoms with E-state index in [1.165, 1.54) is 28.0 Å². The monoisotopic (exact) mass is 427 g/mol.